The van der Waals surface area contributed by atoms with E-state index in [-0.39, 0.29) is 0 Å². The molecule has 3 heterocycles. The van der Waals surface area contributed by atoms with Gasteiger partial charge in [-0.05, 0) is 122 Å². The Labute approximate surface area is 360 Å². The molecule has 12 rings (SSSR count). The summed E-state index contributed by atoms with van der Waals surface area (Å²) in [4.78, 5) is 4.55. The Morgan fingerprint density at radius 2 is 0.661 bits per heavy atom. The minimum absolute atomic E-state index is 1.09. The van der Waals surface area contributed by atoms with E-state index in [2.05, 4.69) is 239 Å². The largest absolute Gasteiger partial charge is 0.309 e. The van der Waals surface area contributed by atoms with Gasteiger partial charge in [-0.2, -0.15) is 0 Å². The number of benzene rings is 9. The highest BCUT2D eigenvalue weighted by Crippen LogP contribution is 2.39. The lowest BCUT2D eigenvalue weighted by Gasteiger charge is -2.14. The van der Waals surface area contributed by atoms with Gasteiger partial charge < -0.3 is 9.13 Å². The molecule has 0 aliphatic heterocycles. The van der Waals surface area contributed by atoms with E-state index in [1.807, 2.05) is 12.4 Å². The van der Waals surface area contributed by atoms with Crippen molar-refractivity contribution in [2.24, 2.45) is 0 Å². The third-order valence-electron chi connectivity index (χ3n) is 12.4. The van der Waals surface area contributed by atoms with Crippen LogP contribution >= 0.6 is 0 Å². The van der Waals surface area contributed by atoms with Crippen LogP contribution in [0, 0.1) is 0 Å². The average Bonchev–Trinajstić information content (AvgIpc) is 3.87. The summed E-state index contributed by atoms with van der Waals surface area (Å²) >= 11 is 0. The van der Waals surface area contributed by atoms with Crippen LogP contribution < -0.4 is 0 Å². The van der Waals surface area contributed by atoms with Crippen LogP contribution in [0.5, 0.6) is 0 Å². The second kappa shape index (κ2) is 14.8. The first-order valence-electron chi connectivity index (χ1n) is 21.2. The first-order chi connectivity index (χ1) is 30.7. The van der Waals surface area contributed by atoms with Gasteiger partial charge in [0.15, 0.2) is 0 Å². The Morgan fingerprint density at radius 3 is 1.26 bits per heavy atom. The van der Waals surface area contributed by atoms with E-state index in [1.165, 1.54) is 88.2 Å². The number of fused-ring (bicyclic) bond motifs is 6. The highest BCUT2D eigenvalue weighted by atomic mass is 15.0. The molecule has 0 atom stereocenters. The van der Waals surface area contributed by atoms with E-state index in [0.29, 0.717) is 0 Å². The summed E-state index contributed by atoms with van der Waals surface area (Å²) in [6.45, 7) is 0. The molecule has 0 saturated heterocycles. The lowest BCUT2D eigenvalue weighted by atomic mass is 9.97. The molecule has 0 bridgehead atoms. The van der Waals surface area contributed by atoms with Crippen LogP contribution in [-0.4, -0.2) is 14.1 Å². The molecule has 0 amide bonds. The summed E-state index contributed by atoms with van der Waals surface area (Å²) in [7, 11) is 0. The van der Waals surface area contributed by atoms with Gasteiger partial charge in [0.05, 0.1) is 28.3 Å². The maximum absolute atomic E-state index is 4.55. The molecule has 0 aliphatic carbocycles. The number of pyridine rings is 1. The number of hydrogen-bond acceptors (Lipinski definition) is 1. The first-order valence-corrected chi connectivity index (χ1v) is 21.2. The van der Waals surface area contributed by atoms with Gasteiger partial charge in [-0.1, -0.05) is 158 Å². The van der Waals surface area contributed by atoms with E-state index < -0.39 is 0 Å². The van der Waals surface area contributed by atoms with Crippen molar-refractivity contribution in [3.63, 3.8) is 0 Å². The Kier molecular flexibility index (Phi) is 8.50. The Bertz CT molecular complexity index is 3540. The molecule has 3 nitrogen and oxygen atoms in total. The molecule has 9 aromatic carbocycles. The molecule has 0 N–H and O–H groups in total. The van der Waals surface area contributed by atoms with Crippen molar-refractivity contribution in [1.82, 2.24) is 14.1 Å². The zero-order chi connectivity index (χ0) is 41.0. The van der Waals surface area contributed by atoms with Crippen molar-refractivity contribution >= 4 is 43.6 Å². The predicted octanol–water partition coefficient (Wildman–Crippen LogP) is 15.6. The normalized spacial score (nSPS) is 11.5. The summed E-state index contributed by atoms with van der Waals surface area (Å²) in [6.07, 6.45) is 3.88. The van der Waals surface area contributed by atoms with Crippen molar-refractivity contribution in [3.8, 4) is 67.0 Å². The molecule has 3 heteroatoms. The van der Waals surface area contributed by atoms with E-state index >= 15 is 0 Å². The molecule has 0 unspecified atom stereocenters. The SMILES string of the molecule is c1ccc(-c2cccc(-n3c4ccc(-c5ccc(-c6ccc7c(c6)c6ccccc6n7-c6cc(-c7ccccc7)cc(-c7ccccc7)c6)cc5)cc4c4ccncc43)c2)cc1. The topological polar surface area (TPSA) is 22.8 Å². The third-order valence-corrected chi connectivity index (χ3v) is 12.4. The van der Waals surface area contributed by atoms with Crippen LogP contribution in [0.4, 0.5) is 0 Å². The van der Waals surface area contributed by atoms with E-state index in [9.17, 15) is 0 Å². The van der Waals surface area contributed by atoms with Crippen molar-refractivity contribution in [2.75, 3.05) is 0 Å². The molecule has 3 aromatic heterocycles. The Hall–Kier alpha value is -8.27. The van der Waals surface area contributed by atoms with Gasteiger partial charge in [0.1, 0.15) is 0 Å². The molecule has 0 radical (unpaired) electrons. The van der Waals surface area contributed by atoms with Crippen LogP contribution in [0.15, 0.2) is 237 Å². The van der Waals surface area contributed by atoms with E-state index in [4.69, 9.17) is 0 Å². The molecule has 290 valence electrons. The van der Waals surface area contributed by atoms with Crippen LogP contribution in [0.3, 0.4) is 0 Å². The molecule has 62 heavy (non-hydrogen) atoms. The van der Waals surface area contributed by atoms with Crippen LogP contribution in [-0.2, 0) is 0 Å². The fourth-order valence-electron chi connectivity index (χ4n) is 9.40. The van der Waals surface area contributed by atoms with Crippen LogP contribution in [0.2, 0.25) is 0 Å². The van der Waals surface area contributed by atoms with E-state index in [1.54, 1.807) is 0 Å². The molecule has 0 spiro atoms. The zero-order valence-corrected chi connectivity index (χ0v) is 33.9. The molecule has 0 saturated carbocycles. The number of aromatic nitrogens is 3. The number of nitrogens with zero attached hydrogens (tertiary/aromatic N) is 3. The van der Waals surface area contributed by atoms with Crippen molar-refractivity contribution in [1.29, 1.82) is 0 Å². The van der Waals surface area contributed by atoms with Gasteiger partial charge in [-0.15, -0.1) is 0 Å². The second-order valence-corrected chi connectivity index (χ2v) is 16.0. The standard InChI is InChI=1S/C59H39N3/c1-4-13-40(14-5-1)45-19-12-20-50(34-45)61-57-29-27-47(38-55(57)53-31-32-60-39-59(53)61)44-25-23-43(24-26-44)46-28-30-58-54(37-46)52-21-10-11-22-56(52)62(58)51-35-48(41-15-6-2-7-16-41)33-49(36-51)42-17-8-3-9-18-42/h1-39H. The number of rotatable bonds is 7. The summed E-state index contributed by atoms with van der Waals surface area (Å²) in [5.41, 5.74) is 18.8. The zero-order valence-electron chi connectivity index (χ0n) is 33.9. The second-order valence-electron chi connectivity index (χ2n) is 16.0. The molecule has 0 fully saturated rings. The Balaban J connectivity index is 0.923. The van der Waals surface area contributed by atoms with Crippen molar-refractivity contribution in [2.45, 2.75) is 0 Å². The fraction of sp³-hybridized carbons (Fsp3) is 0. The van der Waals surface area contributed by atoms with Crippen molar-refractivity contribution < 1.29 is 0 Å². The number of hydrogen-bond donors (Lipinski definition) is 0. The summed E-state index contributed by atoms with van der Waals surface area (Å²) < 4.78 is 4.77. The first kappa shape index (κ1) is 35.7. The van der Waals surface area contributed by atoms with Crippen LogP contribution in [0.1, 0.15) is 0 Å². The lowest BCUT2D eigenvalue weighted by Crippen LogP contribution is -1.96. The molecule has 12 aromatic rings. The van der Waals surface area contributed by atoms with Gasteiger partial charge in [0.2, 0.25) is 0 Å². The quantitative estimate of drug-likeness (QED) is 0.158. The monoisotopic (exact) mass is 789 g/mol. The molecular weight excluding hydrogens is 751 g/mol. The lowest BCUT2D eigenvalue weighted by molar-refractivity contribution is 1.17. The summed E-state index contributed by atoms with van der Waals surface area (Å²) in [5, 5.41) is 4.87. The highest BCUT2D eigenvalue weighted by Gasteiger charge is 2.17. The maximum Gasteiger partial charge on any atom is 0.0724 e. The average molecular weight is 790 g/mol. The van der Waals surface area contributed by atoms with Crippen molar-refractivity contribution in [3.05, 3.63) is 237 Å². The predicted molar refractivity (Wildman–Crippen MR) is 260 cm³/mol. The summed E-state index contributed by atoms with van der Waals surface area (Å²) in [5.74, 6) is 0. The molecular formula is C59H39N3. The third kappa shape index (κ3) is 6.10. The minimum Gasteiger partial charge on any atom is -0.309 e. The van der Waals surface area contributed by atoms with Gasteiger partial charge in [-0.3, -0.25) is 4.98 Å². The van der Waals surface area contributed by atoms with Gasteiger partial charge >= 0.3 is 0 Å². The summed E-state index contributed by atoms with van der Waals surface area (Å²) in [6, 6.07) is 81.4. The maximum atomic E-state index is 4.55. The fourth-order valence-corrected chi connectivity index (χ4v) is 9.40. The van der Waals surface area contributed by atoms with Crippen LogP contribution in [0.25, 0.3) is 111 Å². The molecule has 0 aliphatic rings. The smallest absolute Gasteiger partial charge is 0.0724 e. The highest BCUT2D eigenvalue weighted by molar-refractivity contribution is 6.11. The van der Waals surface area contributed by atoms with E-state index in [0.717, 1.165) is 22.4 Å². The number of para-hydroxylation sites is 1. The Morgan fingerprint density at radius 1 is 0.242 bits per heavy atom. The van der Waals surface area contributed by atoms with Gasteiger partial charge in [-0.25, -0.2) is 0 Å². The van der Waals surface area contributed by atoms with Gasteiger partial charge in [0, 0.05) is 39.1 Å². The van der Waals surface area contributed by atoms with Gasteiger partial charge in [0.25, 0.3) is 0 Å². The minimum atomic E-state index is 1.09.